The number of carbonyl (C=O) groups excluding carboxylic acids is 1. The molecule has 78 valence electrons. The van der Waals surface area contributed by atoms with E-state index in [4.69, 9.17) is 0 Å². The van der Waals surface area contributed by atoms with Crippen LogP contribution in [-0.4, -0.2) is 31.3 Å². The number of carbonyl (C=O) groups is 1. The van der Waals surface area contributed by atoms with E-state index in [1.807, 2.05) is 6.92 Å². The molecule has 0 aliphatic carbocycles. The van der Waals surface area contributed by atoms with Crippen molar-refractivity contribution in [2.75, 3.05) is 12.4 Å². The minimum Gasteiger partial charge on any atom is -0.748 e. The zero-order valence-electron chi connectivity index (χ0n) is 8.49. The van der Waals surface area contributed by atoms with Gasteiger partial charge in [-0.2, -0.15) is 0 Å². The fourth-order valence-electron chi connectivity index (χ4n) is 0.651. The van der Waals surface area contributed by atoms with Crippen LogP contribution in [0.25, 0.3) is 0 Å². The van der Waals surface area contributed by atoms with Crippen LogP contribution in [0.2, 0.25) is 0 Å². The Kier molecular flexibility index (Phi) is 10.4. The van der Waals surface area contributed by atoms with Crippen LogP contribution in [0.3, 0.4) is 0 Å². The van der Waals surface area contributed by atoms with Gasteiger partial charge in [0.15, 0.2) is 0 Å². The van der Waals surface area contributed by atoms with Crippen LogP contribution in [0.5, 0.6) is 0 Å². The molecule has 0 bridgehead atoms. The molecule has 0 saturated carbocycles. The Bertz CT molecular complexity index is 249. The van der Waals surface area contributed by atoms with E-state index in [0.717, 1.165) is 6.42 Å². The van der Waals surface area contributed by atoms with Gasteiger partial charge in [-0.1, -0.05) is 13.3 Å². The maximum absolute atomic E-state index is 10.8. The Morgan fingerprint density at radius 2 is 2.00 bits per heavy atom. The molecule has 0 N–H and O–H groups in total. The Morgan fingerprint density at radius 1 is 1.43 bits per heavy atom. The van der Waals surface area contributed by atoms with Crippen molar-refractivity contribution >= 4 is 16.1 Å². The molecule has 0 radical (unpaired) electrons. The van der Waals surface area contributed by atoms with Crippen molar-refractivity contribution in [3.8, 4) is 0 Å². The molecule has 0 aliphatic rings. The summed E-state index contributed by atoms with van der Waals surface area (Å²) in [7, 11) is -4.27. The zero-order chi connectivity index (χ0) is 10.3. The number of rotatable bonds is 6. The van der Waals surface area contributed by atoms with Crippen molar-refractivity contribution in [1.82, 2.24) is 0 Å². The molecule has 7 heteroatoms. The normalized spacial score (nSPS) is 10.4. The van der Waals surface area contributed by atoms with Crippen LogP contribution in [0.1, 0.15) is 26.2 Å². The molecule has 0 aromatic rings. The minimum absolute atomic E-state index is 0. The molecular formula is C7H13NaO5S. The Hall–Kier alpha value is 0.380. The SMILES string of the molecule is CCCCC(=O)OCCS(=O)(=O)[O-].[Na+]. The first-order valence-corrected chi connectivity index (χ1v) is 5.62. The molecule has 0 fully saturated rings. The summed E-state index contributed by atoms with van der Waals surface area (Å²) in [6.07, 6.45) is 1.85. The standard InChI is InChI=1S/C7H14O5S.Na/c1-2-3-4-7(8)12-5-6-13(9,10)11;/h2-6H2,1H3,(H,9,10,11);/q;+1/p-1. The number of hydrogen-bond donors (Lipinski definition) is 0. The molecule has 5 nitrogen and oxygen atoms in total. The summed E-state index contributed by atoms with van der Waals surface area (Å²) in [5, 5.41) is 0. The third kappa shape index (κ3) is 12.4. The quantitative estimate of drug-likeness (QED) is 0.282. The first-order valence-electron chi connectivity index (χ1n) is 4.05. The number of ether oxygens (including phenoxy) is 1. The molecule has 0 unspecified atom stereocenters. The van der Waals surface area contributed by atoms with Crippen molar-refractivity contribution in [2.24, 2.45) is 0 Å². The average molecular weight is 232 g/mol. The maximum Gasteiger partial charge on any atom is 1.00 e. The maximum atomic E-state index is 10.8. The van der Waals surface area contributed by atoms with Gasteiger partial charge in [-0.25, -0.2) is 8.42 Å². The summed E-state index contributed by atoms with van der Waals surface area (Å²) in [5.74, 6) is -1.10. The molecule has 0 aromatic carbocycles. The summed E-state index contributed by atoms with van der Waals surface area (Å²) in [6, 6.07) is 0. The second-order valence-corrected chi connectivity index (χ2v) is 4.11. The second-order valence-electron chi connectivity index (χ2n) is 2.59. The first-order chi connectivity index (χ1) is 5.95. The molecule has 0 amide bonds. The van der Waals surface area contributed by atoms with Crippen LogP contribution >= 0.6 is 0 Å². The van der Waals surface area contributed by atoms with E-state index < -0.39 is 21.8 Å². The zero-order valence-corrected chi connectivity index (χ0v) is 11.3. The summed E-state index contributed by atoms with van der Waals surface area (Å²) in [6.45, 7) is 1.59. The van der Waals surface area contributed by atoms with Crippen LogP contribution in [-0.2, 0) is 19.6 Å². The monoisotopic (exact) mass is 232 g/mol. The summed E-state index contributed by atoms with van der Waals surface area (Å²) in [4.78, 5) is 10.8. The number of unbranched alkanes of at least 4 members (excludes halogenated alkanes) is 1. The molecule has 0 saturated heterocycles. The summed E-state index contributed by atoms with van der Waals surface area (Å²) in [5.41, 5.74) is 0. The number of hydrogen-bond acceptors (Lipinski definition) is 5. The predicted octanol–water partition coefficient (Wildman–Crippen LogP) is -2.73. The van der Waals surface area contributed by atoms with E-state index in [-0.39, 0.29) is 42.6 Å². The fraction of sp³-hybridized carbons (Fsp3) is 0.857. The Morgan fingerprint density at radius 3 is 2.43 bits per heavy atom. The van der Waals surface area contributed by atoms with Gasteiger partial charge in [-0.3, -0.25) is 4.79 Å². The Balaban J connectivity index is 0. The van der Waals surface area contributed by atoms with Gasteiger partial charge in [0, 0.05) is 6.42 Å². The van der Waals surface area contributed by atoms with Crippen LogP contribution in [0, 0.1) is 0 Å². The van der Waals surface area contributed by atoms with Gasteiger partial charge in [0.2, 0.25) is 0 Å². The third-order valence-corrected chi connectivity index (χ3v) is 2.00. The Labute approximate surface area is 106 Å². The molecule has 0 aromatic heterocycles. The molecule has 0 heterocycles. The van der Waals surface area contributed by atoms with Gasteiger partial charge < -0.3 is 9.29 Å². The van der Waals surface area contributed by atoms with Gasteiger partial charge in [-0.05, 0) is 6.42 Å². The van der Waals surface area contributed by atoms with Gasteiger partial charge >= 0.3 is 35.5 Å². The van der Waals surface area contributed by atoms with Crippen LogP contribution < -0.4 is 29.6 Å². The van der Waals surface area contributed by atoms with Gasteiger partial charge in [0.05, 0.1) is 15.9 Å². The van der Waals surface area contributed by atoms with Crippen LogP contribution in [0.15, 0.2) is 0 Å². The minimum atomic E-state index is -4.27. The molecule has 0 atom stereocenters. The van der Waals surface area contributed by atoms with E-state index >= 15 is 0 Å². The van der Waals surface area contributed by atoms with E-state index in [9.17, 15) is 17.8 Å². The second kappa shape index (κ2) is 8.67. The van der Waals surface area contributed by atoms with Crippen molar-refractivity contribution in [3.63, 3.8) is 0 Å². The smallest absolute Gasteiger partial charge is 0.748 e. The topological polar surface area (TPSA) is 83.5 Å². The van der Waals surface area contributed by atoms with Crippen LogP contribution in [0.4, 0.5) is 0 Å². The predicted molar refractivity (Wildman–Crippen MR) is 45.0 cm³/mol. The van der Waals surface area contributed by atoms with Gasteiger partial charge in [-0.15, -0.1) is 0 Å². The average Bonchev–Trinajstić information content (AvgIpc) is 1.98. The van der Waals surface area contributed by atoms with E-state index in [1.165, 1.54) is 0 Å². The van der Waals surface area contributed by atoms with E-state index in [0.29, 0.717) is 6.42 Å². The van der Waals surface area contributed by atoms with Crippen molar-refractivity contribution < 1.29 is 52.1 Å². The first kappa shape index (κ1) is 16.8. The molecule has 0 spiro atoms. The van der Waals surface area contributed by atoms with Gasteiger partial charge in [0.25, 0.3) is 0 Å². The molecule has 0 aliphatic heterocycles. The number of esters is 1. The van der Waals surface area contributed by atoms with Crippen molar-refractivity contribution in [3.05, 3.63) is 0 Å². The molecular weight excluding hydrogens is 219 g/mol. The van der Waals surface area contributed by atoms with E-state index in [1.54, 1.807) is 0 Å². The van der Waals surface area contributed by atoms with Crippen molar-refractivity contribution in [2.45, 2.75) is 26.2 Å². The van der Waals surface area contributed by atoms with Gasteiger partial charge in [0.1, 0.15) is 6.61 Å². The third-order valence-electron chi connectivity index (χ3n) is 1.33. The fourth-order valence-corrected chi connectivity index (χ4v) is 0.938. The summed E-state index contributed by atoms with van der Waals surface area (Å²) < 4.78 is 34.7. The van der Waals surface area contributed by atoms with E-state index in [2.05, 4.69) is 4.74 Å². The molecule has 0 rings (SSSR count). The molecule has 14 heavy (non-hydrogen) atoms. The summed E-state index contributed by atoms with van der Waals surface area (Å²) >= 11 is 0. The van der Waals surface area contributed by atoms with Crippen molar-refractivity contribution in [1.29, 1.82) is 0 Å². The largest absolute Gasteiger partial charge is 1.00 e.